The minimum absolute atomic E-state index is 0.0447. The lowest BCUT2D eigenvalue weighted by Gasteiger charge is -2.25. The normalized spacial score (nSPS) is 19.4. The molecule has 5 aromatic rings. The smallest absolute Gasteiger partial charge is 0.338 e. The molecular weight excluding hydrogens is 593 g/mol. The van der Waals surface area contributed by atoms with E-state index in [1.54, 1.807) is 91.0 Å². The van der Waals surface area contributed by atoms with Crippen LogP contribution >= 0.6 is 11.6 Å². The van der Waals surface area contributed by atoms with Gasteiger partial charge in [0.2, 0.25) is 0 Å². The van der Waals surface area contributed by atoms with E-state index in [0.717, 1.165) is 12.5 Å². The quantitative estimate of drug-likeness (QED) is 0.128. The van der Waals surface area contributed by atoms with Crippen molar-refractivity contribution in [3.05, 3.63) is 131 Å². The van der Waals surface area contributed by atoms with Crippen LogP contribution in [0.3, 0.4) is 0 Å². The molecule has 2 aromatic heterocycles. The third-order valence-electron chi connectivity index (χ3n) is 6.97. The van der Waals surface area contributed by atoms with Crippen LogP contribution in [-0.4, -0.2) is 57.4 Å². The third-order valence-corrected chi connectivity index (χ3v) is 7.26. The Hall–Kier alpha value is -5.13. The molecule has 0 saturated carbocycles. The Balaban J connectivity index is 1.39. The van der Waals surface area contributed by atoms with Crippen LogP contribution in [0.5, 0.6) is 0 Å². The van der Waals surface area contributed by atoms with Crippen molar-refractivity contribution in [3.8, 4) is 0 Å². The predicted octanol–water partition coefficient (Wildman–Crippen LogP) is 5.43. The first-order valence-corrected chi connectivity index (χ1v) is 13.8. The van der Waals surface area contributed by atoms with Gasteiger partial charge in [-0.25, -0.2) is 28.7 Å². The highest BCUT2D eigenvalue weighted by molar-refractivity contribution is 6.34. The molecule has 3 heterocycles. The van der Waals surface area contributed by atoms with Crippen molar-refractivity contribution in [2.45, 2.75) is 24.5 Å². The van der Waals surface area contributed by atoms with Crippen molar-refractivity contribution in [2.75, 3.05) is 6.61 Å². The zero-order valence-corrected chi connectivity index (χ0v) is 23.5. The number of carbonyl (C=O) groups excluding carboxylic acids is 3. The van der Waals surface area contributed by atoms with Crippen molar-refractivity contribution >= 4 is 40.5 Å². The summed E-state index contributed by atoms with van der Waals surface area (Å²) in [6, 6.07) is 24.6. The molecule has 1 aliphatic rings. The van der Waals surface area contributed by atoms with Crippen LogP contribution in [0, 0.1) is 5.82 Å². The van der Waals surface area contributed by atoms with Gasteiger partial charge in [0.1, 0.15) is 29.8 Å². The van der Waals surface area contributed by atoms with E-state index in [-0.39, 0.29) is 32.9 Å². The Bertz CT molecular complexity index is 1800. The molecule has 4 atom stereocenters. The summed E-state index contributed by atoms with van der Waals surface area (Å²) in [5.41, 5.74) is 0.772. The Kier molecular flexibility index (Phi) is 8.31. The van der Waals surface area contributed by atoms with Gasteiger partial charge in [-0.2, -0.15) is 0 Å². The zero-order chi connectivity index (χ0) is 30.6. The van der Waals surface area contributed by atoms with Crippen LogP contribution in [0.25, 0.3) is 11.0 Å². The lowest BCUT2D eigenvalue weighted by molar-refractivity contribution is -0.0605. The van der Waals surface area contributed by atoms with E-state index >= 15 is 4.39 Å². The molecule has 0 unspecified atom stereocenters. The van der Waals surface area contributed by atoms with Gasteiger partial charge >= 0.3 is 17.9 Å². The van der Waals surface area contributed by atoms with Gasteiger partial charge in [0, 0.05) is 6.20 Å². The fraction of sp³-hybridized carbons (Fsp3) is 0.156. The Labute approximate surface area is 254 Å². The highest BCUT2D eigenvalue weighted by Gasteiger charge is 2.52. The van der Waals surface area contributed by atoms with Crippen LogP contribution in [0.1, 0.15) is 37.3 Å². The second-order valence-electron chi connectivity index (χ2n) is 9.75. The van der Waals surface area contributed by atoms with Crippen LogP contribution in [0.4, 0.5) is 4.39 Å². The summed E-state index contributed by atoms with van der Waals surface area (Å²) in [6.45, 7) is -0.395. The Morgan fingerprint density at radius 2 is 1.30 bits per heavy atom. The molecular formula is C32H23ClFN3O7. The monoisotopic (exact) mass is 615 g/mol. The largest absolute Gasteiger partial charge is 0.459 e. The molecule has 222 valence electrons. The zero-order valence-electron chi connectivity index (χ0n) is 22.8. The molecule has 0 bridgehead atoms. The van der Waals surface area contributed by atoms with E-state index in [4.69, 9.17) is 30.5 Å². The summed E-state index contributed by atoms with van der Waals surface area (Å²) < 4.78 is 40.0. The van der Waals surface area contributed by atoms with E-state index in [1.165, 1.54) is 4.57 Å². The van der Waals surface area contributed by atoms with Gasteiger partial charge in [0.25, 0.3) is 0 Å². The van der Waals surface area contributed by atoms with Crippen LogP contribution in [0.15, 0.2) is 104 Å². The van der Waals surface area contributed by atoms with Crippen molar-refractivity contribution in [3.63, 3.8) is 0 Å². The molecule has 0 radical (unpaired) electrons. The molecule has 1 fully saturated rings. The summed E-state index contributed by atoms with van der Waals surface area (Å²) in [5, 5.41) is -0.217. The number of hydrogen-bond acceptors (Lipinski definition) is 9. The maximum absolute atomic E-state index is 15.1. The van der Waals surface area contributed by atoms with Gasteiger partial charge in [0.05, 0.1) is 22.1 Å². The number of carbonyl (C=O) groups is 3. The topological polar surface area (TPSA) is 119 Å². The summed E-state index contributed by atoms with van der Waals surface area (Å²) in [5.74, 6) is -2.90. The number of fused-ring (bicyclic) bond motifs is 1. The Morgan fingerprint density at radius 1 is 0.773 bits per heavy atom. The van der Waals surface area contributed by atoms with Crippen molar-refractivity contribution in [1.82, 2.24) is 14.5 Å². The average Bonchev–Trinajstić information content (AvgIpc) is 3.57. The number of benzene rings is 3. The van der Waals surface area contributed by atoms with E-state index in [0.29, 0.717) is 0 Å². The average molecular weight is 616 g/mol. The van der Waals surface area contributed by atoms with Gasteiger partial charge in [-0.3, -0.25) is 4.57 Å². The summed E-state index contributed by atoms with van der Waals surface area (Å²) in [4.78, 5) is 47.4. The number of halogens is 2. The molecule has 10 nitrogen and oxygen atoms in total. The maximum Gasteiger partial charge on any atom is 0.338 e. The molecule has 44 heavy (non-hydrogen) atoms. The standard InChI is InChI=1S/C32H23ClFN3O7/c33-27-24-22(34)16-37(28(24)36-18-35-27)29-26(44-32(40)21-14-8-3-9-15-21)25(43-31(39)20-12-6-2-7-13-20)23(42-29)17-41-30(38)19-10-4-1-5-11-19/h1-16,18,23,25-26,29H,17H2/t23-,25-,26+,29-/m1/s1. The minimum atomic E-state index is -1.35. The van der Waals surface area contributed by atoms with Gasteiger partial charge in [0.15, 0.2) is 24.3 Å². The van der Waals surface area contributed by atoms with Crippen molar-refractivity contribution < 1.29 is 37.7 Å². The van der Waals surface area contributed by atoms with E-state index in [9.17, 15) is 14.4 Å². The molecule has 0 amide bonds. The lowest BCUT2D eigenvalue weighted by Crippen LogP contribution is -2.41. The van der Waals surface area contributed by atoms with E-state index in [1.807, 2.05) is 0 Å². The number of ether oxygens (including phenoxy) is 4. The molecule has 0 aliphatic carbocycles. The lowest BCUT2D eigenvalue weighted by atomic mass is 10.1. The van der Waals surface area contributed by atoms with Gasteiger partial charge in [-0.1, -0.05) is 66.2 Å². The minimum Gasteiger partial charge on any atom is -0.459 e. The van der Waals surface area contributed by atoms with Gasteiger partial charge in [-0.05, 0) is 36.4 Å². The summed E-state index contributed by atoms with van der Waals surface area (Å²) in [6.07, 6.45) is -2.86. The number of esters is 3. The first-order chi connectivity index (χ1) is 21.4. The molecule has 3 aromatic carbocycles. The molecule has 0 spiro atoms. The number of aromatic nitrogens is 3. The highest BCUT2D eigenvalue weighted by atomic mass is 35.5. The maximum atomic E-state index is 15.1. The van der Waals surface area contributed by atoms with Gasteiger partial charge < -0.3 is 18.9 Å². The molecule has 0 N–H and O–H groups in total. The van der Waals surface area contributed by atoms with Crippen LogP contribution in [-0.2, 0) is 18.9 Å². The summed E-state index contributed by atoms with van der Waals surface area (Å²) >= 11 is 6.16. The second-order valence-corrected chi connectivity index (χ2v) is 10.1. The SMILES string of the molecule is O=C(OC[C@H]1O[C@@H](n2cc(F)c3c(Cl)ncnc32)[C@@H](OC(=O)c2ccccc2)[C@@H]1OC(=O)c1ccccc1)c1ccccc1. The fourth-order valence-electron chi connectivity index (χ4n) is 4.88. The van der Waals surface area contributed by atoms with E-state index < -0.39 is 54.9 Å². The third kappa shape index (κ3) is 5.87. The van der Waals surface area contributed by atoms with Crippen molar-refractivity contribution in [2.24, 2.45) is 0 Å². The fourth-order valence-corrected chi connectivity index (χ4v) is 5.10. The molecule has 1 saturated heterocycles. The summed E-state index contributed by atoms with van der Waals surface area (Å²) in [7, 11) is 0. The number of rotatable bonds is 8. The first-order valence-electron chi connectivity index (χ1n) is 13.5. The second kappa shape index (κ2) is 12.6. The van der Waals surface area contributed by atoms with Gasteiger partial charge in [-0.15, -0.1) is 0 Å². The van der Waals surface area contributed by atoms with Crippen LogP contribution < -0.4 is 0 Å². The number of nitrogens with zero attached hydrogens (tertiary/aromatic N) is 3. The van der Waals surface area contributed by atoms with E-state index in [2.05, 4.69) is 9.97 Å². The first kappa shape index (κ1) is 29.0. The molecule has 12 heteroatoms. The van der Waals surface area contributed by atoms with Crippen molar-refractivity contribution in [1.29, 1.82) is 0 Å². The predicted molar refractivity (Wildman–Crippen MR) is 154 cm³/mol. The molecule has 6 rings (SSSR count). The van der Waals surface area contributed by atoms with Crippen LogP contribution in [0.2, 0.25) is 5.15 Å². The number of hydrogen-bond donors (Lipinski definition) is 0. The molecule has 1 aliphatic heterocycles. The highest BCUT2D eigenvalue weighted by Crippen LogP contribution is 2.38. The Morgan fingerprint density at radius 3 is 1.86 bits per heavy atom.